The Morgan fingerprint density at radius 1 is 0.635 bits per heavy atom. The van der Waals surface area contributed by atoms with Crippen LogP contribution >= 0.6 is 0 Å². The van der Waals surface area contributed by atoms with E-state index in [1.165, 1.54) is 96.3 Å². The van der Waals surface area contributed by atoms with Crippen molar-refractivity contribution >= 4 is 5.91 Å². The third-order valence-electron chi connectivity index (χ3n) is 10.3. The number of allylic oxidation sites excluding steroid dienone is 4. The zero-order valence-corrected chi connectivity index (χ0v) is 33.3. The van der Waals surface area contributed by atoms with E-state index in [-0.39, 0.29) is 12.5 Å². The summed E-state index contributed by atoms with van der Waals surface area (Å²) >= 11 is 0. The zero-order valence-electron chi connectivity index (χ0n) is 33.3. The number of hydrogen-bond donors (Lipinski definition) is 6. The highest BCUT2D eigenvalue weighted by Gasteiger charge is 2.44. The second-order valence-corrected chi connectivity index (χ2v) is 15.1. The third kappa shape index (κ3) is 24.9. The van der Waals surface area contributed by atoms with Gasteiger partial charge in [0.25, 0.3) is 0 Å². The van der Waals surface area contributed by atoms with Gasteiger partial charge in [-0.1, -0.05) is 141 Å². The predicted octanol–water partition coefficient (Wildman–Crippen LogP) is 8.33. The van der Waals surface area contributed by atoms with Gasteiger partial charge in [-0.15, -0.1) is 0 Å². The SMILES string of the molecule is CCCCCCC/C=C/CCCCCCCC(=O)N[C@@H](CO[C@@H]1O[C@H](CO)[C@@H](O)C(O)C1O)[C@H](O)CCCC/C=C/CCCCCCCCCCC. The van der Waals surface area contributed by atoms with Gasteiger partial charge in [-0.05, 0) is 64.2 Å². The molecular formula is C43H81NO8. The molecular weight excluding hydrogens is 658 g/mol. The van der Waals surface area contributed by atoms with E-state index < -0.39 is 49.5 Å². The lowest BCUT2D eigenvalue weighted by Crippen LogP contribution is -2.60. The predicted molar refractivity (Wildman–Crippen MR) is 212 cm³/mol. The minimum atomic E-state index is -1.56. The fraction of sp³-hybridized carbons (Fsp3) is 0.884. The summed E-state index contributed by atoms with van der Waals surface area (Å²) in [4.78, 5) is 12.9. The lowest BCUT2D eigenvalue weighted by molar-refractivity contribution is -0.302. The van der Waals surface area contributed by atoms with Gasteiger partial charge in [0.1, 0.15) is 24.4 Å². The van der Waals surface area contributed by atoms with Gasteiger partial charge in [0.05, 0.1) is 25.4 Å². The molecule has 0 aliphatic carbocycles. The molecule has 0 spiro atoms. The van der Waals surface area contributed by atoms with E-state index in [0.29, 0.717) is 12.8 Å². The molecule has 0 aromatic heterocycles. The molecule has 52 heavy (non-hydrogen) atoms. The molecule has 306 valence electrons. The maximum atomic E-state index is 12.9. The summed E-state index contributed by atoms with van der Waals surface area (Å²) in [5.74, 6) is -0.164. The lowest BCUT2D eigenvalue weighted by Gasteiger charge is -2.40. The molecule has 0 saturated carbocycles. The van der Waals surface area contributed by atoms with Crippen molar-refractivity contribution in [2.75, 3.05) is 13.2 Å². The van der Waals surface area contributed by atoms with E-state index in [9.17, 15) is 30.3 Å². The van der Waals surface area contributed by atoms with Crippen LogP contribution in [0.3, 0.4) is 0 Å². The number of aliphatic hydroxyl groups excluding tert-OH is 5. The molecule has 9 nitrogen and oxygen atoms in total. The first-order valence-electron chi connectivity index (χ1n) is 21.5. The van der Waals surface area contributed by atoms with Gasteiger partial charge in [0.2, 0.25) is 5.91 Å². The van der Waals surface area contributed by atoms with Crippen LogP contribution in [0.25, 0.3) is 0 Å². The second-order valence-electron chi connectivity index (χ2n) is 15.1. The first-order chi connectivity index (χ1) is 25.3. The van der Waals surface area contributed by atoms with Crippen molar-refractivity contribution in [1.29, 1.82) is 0 Å². The highest BCUT2D eigenvalue weighted by atomic mass is 16.7. The Kier molecular flexibility index (Phi) is 32.0. The normalized spacial score (nSPS) is 22.0. The van der Waals surface area contributed by atoms with E-state index in [0.717, 1.165) is 64.2 Å². The van der Waals surface area contributed by atoms with Crippen LogP contribution < -0.4 is 5.32 Å². The Morgan fingerprint density at radius 3 is 1.56 bits per heavy atom. The summed E-state index contributed by atoms with van der Waals surface area (Å²) in [6.07, 6.45) is 31.8. The van der Waals surface area contributed by atoms with E-state index in [2.05, 4.69) is 43.5 Å². The van der Waals surface area contributed by atoms with E-state index in [1.807, 2.05) is 0 Å². The molecule has 1 amide bonds. The van der Waals surface area contributed by atoms with Crippen LogP contribution in [0.15, 0.2) is 24.3 Å². The van der Waals surface area contributed by atoms with Crippen molar-refractivity contribution in [2.45, 2.75) is 230 Å². The van der Waals surface area contributed by atoms with Gasteiger partial charge in [0, 0.05) is 6.42 Å². The second kappa shape index (κ2) is 34.2. The quantitative estimate of drug-likeness (QED) is 0.0281. The summed E-state index contributed by atoms with van der Waals surface area (Å²) in [5.41, 5.74) is 0. The van der Waals surface area contributed by atoms with Crippen LogP contribution in [0.4, 0.5) is 0 Å². The number of carbonyl (C=O) groups is 1. The average molecular weight is 740 g/mol. The number of unbranched alkanes of at least 4 members (excludes halogenated alkanes) is 21. The number of carbonyl (C=O) groups excluding carboxylic acids is 1. The Morgan fingerprint density at radius 2 is 1.08 bits per heavy atom. The van der Waals surface area contributed by atoms with E-state index >= 15 is 0 Å². The molecule has 7 atom stereocenters. The zero-order chi connectivity index (χ0) is 38.1. The Labute approximate surface area is 318 Å². The van der Waals surface area contributed by atoms with Gasteiger partial charge >= 0.3 is 0 Å². The average Bonchev–Trinajstić information content (AvgIpc) is 3.14. The Bertz CT molecular complexity index is 868. The Hall–Kier alpha value is -1.33. The first-order valence-corrected chi connectivity index (χ1v) is 21.5. The summed E-state index contributed by atoms with van der Waals surface area (Å²) in [6.45, 7) is 3.79. The summed E-state index contributed by atoms with van der Waals surface area (Å²) in [6, 6.07) is -0.736. The number of nitrogens with one attached hydrogen (secondary N) is 1. The monoisotopic (exact) mass is 740 g/mol. The standard InChI is InChI=1S/C43H81NO8/c1-3-5-7-9-11-13-15-17-19-20-22-24-26-28-30-32-37(46)36(35-51-43-42(50)41(49)40(48)38(34-45)52-43)44-39(47)33-31-29-27-25-23-21-18-16-14-12-10-8-6-4-2/h16,18,22,24,36-38,40-43,45-46,48-50H,3-15,17,19-21,23,25-35H2,1-2H3,(H,44,47)/b18-16+,24-22+/t36-,37+,38+,40+,41?,42?,43+/m0/s1. The van der Waals surface area contributed by atoms with Gasteiger partial charge in [-0.3, -0.25) is 4.79 Å². The molecule has 1 aliphatic heterocycles. The van der Waals surface area contributed by atoms with E-state index in [4.69, 9.17) is 9.47 Å². The van der Waals surface area contributed by atoms with Gasteiger partial charge in [-0.25, -0.2) is 0 Å². The molecule has 1 heterocycles. The molecule has 9 heteroatoms. The van der Waals surface area contributed by atoms with E-state index in [1.54, 1.807) is 0 Å². The van der Waals surface area contributed by atoms with Gasteiger partial charge in [-0.2, -0.15) is 0 Å². The van der Waals surface area contributed by atoms with Crippen molar-refractivity contribution in [3.05, 3.63) is 24.3 Å². The largest absolute Gasteiger partial charge is 0.394 e. The van der Waals surface area contributed by atoms with Crippen molar-refractivity contribution in [3.8, 4) is 0 Å². The minimum absolute atomic E-state index is 0.152. The molecule has 2 unspecified atom stereocenters. The van der Waals surface area contributed by atoms with Crippen molar-refractivity contribution in [3.63, 3.8) is 0 Å². The number of amides is 1. The van der Waals surface area contributed by atoms with Gasteiger partial charge in [0.15, 0.2) is 6.29 Å². The molecule has 1 saturated heterocycles. The fourth-order valence-corrected chi connectivity index (χ4v) is 6.74. The third-order valence-corrected chi connectivity index (χ3v) is 10.3. The first kappa shape index (κ1) is 48.7. The molecule has 0 aromatic rings. The van der Waals surface area contributed by atoms with Crippen LogP contribution in [0.1, 0.15) is 187 Å². The smallest absolute Gasteiger partial charge is 0.220 e. The highest BCUT2D eigenvalue weighted by molar-refractivity contribution is 5.76. The van der Waals surface area contributed by atoms with Crippen molar-refractivity contribution in [2.24, 2.45) is 0 Å². The molecule has 1 aliphatic rings. The maximum absolute atomic E-state index is 12.9. The van der Waals surface area contributed by atoms with Crippen LogP contribution in [-0.2, 0) is 14.3 Å². The Balaban J connectivity index is 2.40. The van der Waals surface area contributed by atoms with Crippen molar-refractivity contribution in [1.82, 2.24) is 5.32 Å². The van der Waals surface area contributed by atoms with Crippen molar-refractivity contribution < 1.29 is 39.8 Å². The number of hydrogen-bond acceptors (Lipinski definition) is 8. The topological polar surface area (TPSA) is 149 Å². The number of aliphatic hydroxyl groups is 5. The molecule has 0 bridgehead atoms. The van der Waals surface area contributed by atoms with Crippen LogP contribution in [0.5, 0.6) is 0 Å². The summed E-state index contributed by atoms with van der Waals surface area (Å²) in [7, 11) is 0. The molecule has 6 N–H and O–H groups in total. The fourth-order valence-electron chi connectivity index (χ4n) is 6.74. The molecule has 1 rings (SSSR count). The highest BCUT2D eigenvalue weighted by Crippen LogP contribution is 2.23. The molecule has 1 fully saturated rings. The number of rotatable bonds is 35. The maximum Gasteiger partial charge on any atom is 0.220 e. The summed E-state index contributed by atoms with van der Waals surface area (Å²) in [5, 5.41) is 54.2. The number of ether oxygens (including phenoxy) is 2. The minimum Gasteiger partial charge on any atom is -0.394 e. The summed E-state index contributed by atoms with van der Waals surface area (Å²) < 4.78 is 11.2. The molecule has 0 aromatic carbocycles. The van der Waals surface area contributed by atoms with Crippen LogP contribution in [0.2, 0.25) is 0 Å². The lowest BCUT2D eigenvalue weighted by atomic mass is 9.99. The molecule has 0 radical (unpaired) electrons. The van der Waals surface area contributed by atoms with Gasteiger partial charge < -0.3 is 40.3 Å². The van der Waals surface area contributed by atoms with Crippen LogP contribution in [0, 0.1) is 0 Å². The van der Waals surface area contributed by atoms with Crippen LogP contribution in [-0.4, -0.2) is 87.5 Å².